The summed E-state index contributed by atoms with van der Waals surface area (Å²) in [5.41, 5.74) is 0.644. The number of likely N-dealkylation sites (tertiary alicyclic amines) is 1. The van der Waals surface area contributed by atoms with Gasteiger partial charge >= 0.3 is 0 Å². The fourth-order valence-electron chi connectivity index (χ4n) is 4.54. The van der Waals surface area contributed by atoms with Crippen LogP contribution in [-0.4, -0.2) is 45.9 Å². The maximum atomic E-state index is 12.6. The minimum atomic E-state index is -0.483. The first-order chi connectivity index (χ1) is 14.4. The summed E-state index contributed by atoms with van der Waals surface area (Å²) in [7, 11) is 0. The van der Waals surface area contributed by atoms with Crippen molar-refractivity contribution in [2.75, 3.05) is 19.6 Å². The first-order valence-electron chi connectivity index (χ1n) is 10.6. The highest BCUT2D eigenvalue weighted by Gasteiger charge is 2.45. The second kappa shape index (κ2) is 8.05. The molecule has 1 N–H and O–H groups in total. The topological polar surface area (TPSA) is 84.3 Å². The Morgan fingerprint density at radius 1 is 1.20 bits per heavy atom. The van der Waals surface area contributed by atoms with Crippen molar-refractivity contribution in [3.05, 3.63) is 63.8 Å². The molecule has 2 aliphatic heterocycles. The lowest BCUT2D eigenvalue weighted by Gasteiger charge is -2.24. The van der Waals surface area contributed by atoms with Gasteiger partial charge in [-0.2, -0.15) is 4.98 Å². The molecule has 2 aromatic rings. The average Bonchev–Trinajstić information content (AvgIpc) is 3.29. The number of carbonyl (C=O) groups excluding carboxylic acids is 2. The SMILES string of the molecule is CC(C)C(=O)N1CC[C@@]2(Cc3nc(=O)c(C(=O)NCCc4ccccc4)cn3C2)C1. The van der Waals surface area contributed by atoms with E-state index in [9.17, 15) is 14.4 Å². The van der Waals surface area contributed by atoms with Crippen LogP contribution in [0.25, 0.3) is 0 Å². The molecular weight excluding hydrogens is 380 g/mol. The van der Waals surface area contributed by atoms with E-state index in [0.717, 1.165) is 18.5 Å². The molecular formula is C23H28N4O3. The molecule has 7 nitrogen and oxygen atoms in total. The van der Waals surface area contributed by atoms with Gasteiger partial charge in [-0.15, -0.1) is 0 Å². The van der Waals surface area contributed by atoms with Crippen molar-refractivity contribution >= 4 is 11.8 Å². The summed E-state index contributed by atoms with van der Waals surface area (Å²) >= 11 is 0. The lowest BCUT2D eigenvalue weighted by Crippen LogP contribution is -2.35. The van der Waals surface area contributed by atoms with Gasteiger partial charge in [0.1, 0.15) is 11.4 Å². The predicted molar refractivity (Wildman–Crippen MR) is 113 cm³/mol. The number of nitrogens with zero attached hydrogens (tertiary/aromatic N) is 3. The number of benzene rings is 1. The van der Waals surface area contributed by atoms with Crippen LogP contribution in [0.5, 0.6) is 0 Å². The predicted octanol–water partition coefficient (Wildman–Crippen LogP) is 1.65. The van der Waals surface area contributed by atoms with E-state index >= 15 is 0 Å². The molecule has 4 rings (SSSR count). The molecule has 30 heavy (non-hydrogen) atoms. The van der Waals surface area contributed by atoms with Gasteiger partial charge in [0.25, 0.3) is 11.5 Å². The van der Waals surface area contributed by atoms with Gasteiger partial charge in [-0.05, 0) is 18.4 Å². The summed E-state index contributed by atoms with van der Waals surface area (Å²) in [6, 6.07) is 9.89. The van der Waals surface area contributed by atoms with E-state index < -0.39 is 5.56 Å². The Balaban J connectivity index is 1.42. The van der Waals surface area contributed by atoms with Crippen molar-refractivity contribution in [3.8, 4) is 0 Å². The number of carbonyl (C=O) groups is 2. The van der Waals surface area contributed by atoms with Crippen LogP contribution in [0.15, 0.2) is 41.3 Å². The molecule has 0 radical (unpaired) electrons. The summed E-state index contributed by atoms with van der Waals surface area (Å²) in [5, 5.41) is 2.83. The molecule has 1 spiro atoms. The number of hydrogen-bond donors (Lipinski definition) is 1. The van der Waals surface area contributed by atoms with Gasteiger partial charge in [-0.1, -0.05) is 44.2 Å². The summed E-state index contributed by atoms with van der Waals surface area (Å²) in [5.74, 6) is 0.473. The molecule has 2 amide bonds. The Bertz CT molecular complexity index is 1010. The van der Waals surface area contributed by atoms with E-state index in [0.29, 0.717) is 38.3 Å². The Kier molecular flexibility index (Phi) is 5.45. The van der Waals surface area contributed by atoms with Gasteiger partial charge in [0.2, 0.25) is 5.91 Å². The number of hydrogen-bond acceptors (Lipinski definition) is 4. The van der Waals surface area contributed by atoms with E-state index in [-0.39, 0.29) is 28.7 Å². The molecule has 1 aromatic carbocycles. The third kappa shape index (κ3) is 4.01. The molecule has 1 aromatic heterocycles. The zero-order chi connectivity index (χ0) is 21.3. The first-order valence-corrected chi connectivity index (χ1v) is 10.6. The van der Waals surface area contributed by atoms with Crippen LogP contribution in [0.1, 0.15) is 42.0 Å². The van der Waals surface area contributed by atoms with E-state index in [1.54, 1.807) is 6.20 Å². The maximum Gasteiger partial charge on any atom is 0.285 e. The van der Waals surface area contributed by atoms with Crippen molar-refractivity contribution in [3.63, 3.8) is 0 Å². The molecule has 0 aliphatic carbocycles. The van der Waals surface area contributed by atoms with Crippen LogP contribution in [0.4, 0.5) is 0 Å². The fourth-order valence-corrected chi connectivity index (χ4v) is 4.54. The summed E-state index contributed by atoms with van der Waals surface area (Å²) in [4.78, 5) is 43.5. The second-order valence-electron chi connectivity index (χ2n) is 8.84. The highest BCUT2D eigenvalue weighted by molar-refractivity contribution is 5.93. The smallest absolute Gasteiger partial charge is 0.285 e. The Morgan fingerprint density at radius 2 is 1.97 bits per heavy atom. The molecule has 0 unspecified atom stereocenters. The highest BCUT2D eigenvalue weighted by Crippen LogP contribution is 2.40. The molecule has 1 atom stereocenters. The standard InChI is InChI=1S/C23H28N4O3/c1-16(2)22(30)26-11-9-23(14-26)12-19-25-21(29)18(13-27(19)15-23)20(28)24-10-8-17-6-4-3-5-7-17/h3-7,13,16H,8-12,14-15H2,1-2H3,(H,24,28)/t23-/m1/s1. The van der Waals surface area contributed by atoms with E-state index in [4.69, 9.17) is 0 Å². The van der Waals surface area contributed by atoms with Crippen molar-refractivity contribution in [1.82, 2.24) is 19.8 Å². The van der Waals surface area contributed by atoms with Crippen LogP contribution in [0.2, 0.25) is 0 Å². The van der Waals surface area contributed by atoms with Crippen molar-refractivity contribution in [2.24, 2.45) is 11.3 Å². The summed E-state index contributed by atoms with van der Waals surface area (Å²) < 4.78 is 1.93. The van der Waals surface area contributed by atoms with Gasteiger partial charge in [0, 0.05) is 50.1 Å². The molecule has 0 bridgehead atoms. The van der Waals surface area contributed by atoms with Crippen LogP contribution >= 0.6 is 0 Å². The lowest BCUT2D eigenvalue weighted by atomic mass is 9.86. The lowest BCUT2D eigenvalue weighted by molar-refractivity contribution is -0.133. The van der Waals surface area contributed by atoms with Crippen LogP contribution in [0, 0.1) is 11.3 Å². The average molecular weight is 409 g/mol. The molecule has 158 valence electrons. The normalized spacial score (nSPS) is 20.0. The Hall–Kier alpha value is -2.96. The third-order valence-corrected chi connectivity index (χ3v) is 6.15. The number of fused-ring (bicyclic) bond motifs is 1. The third-order valence-electron chi connectivity index (χ3n) is 6.15. The summed E-state index contributed by atoms with van der Waals surface area (Å²) in [6.07, 6.45) is 3.90. The molecule has 0 saturated carbocycles. The first kappa shape index (κ1) is 20.3. The van der Waals surface area contributed by atoms with Crippen molar-refractivity contribution in [1.29, 1.82) is 0 Å². The molecule has 3 heterocycles. The van der Waals surface area contributed by atoms with Crippen molar-refractivity contribution in [2.45, 2.75) is 39.7 Å². The number of rotatable bonds is 5. The van der Waals surface area contributed by atoms with E-state index in [2.05, 4.69) is 10.3 Å². The van der Waals surface area contributed by atoms with Gasteiger partial charge in [0.05, 0.1) is 0 Å². The van der Waals surface area contributed by atoms with E-state index in [1.165, 1.54) is 0 Å². The molecule has 2 aliphatic rings. The molecule has 1 fully saturated rings. The molecule has 1 saturated heterocycles. The summed E-state index contributed by atoms with van der Waals surface area (Å²) in [6.45, 7) is 6.39. The van der Waals surface area contributed by atoms with Crippen molar-refractivity contribution < 1.29 is 9.59 Å². The monoisotopic (exact) mass is 408 g/mol. The zero-order valence-electron chi connectivity index (χ0n) is 17.6. The van der Waals surface area contributed by atoms with Crippen LogP contribution in [-0.2, 0) is 24.2 Å². The van der Waals surface area contributed by atoms with Gasteiger partial charge in [-0.3, -0.25) is 14.4 Å². The zero-order valence-corrected chi connectivity index (χ0v) is 17.6. The quantitative estimate of drug-likeness (QED) is 0.815. The van der Waals surface area contributed by atoms with Gasteiger partial charge < -0.3 is 14.8 Å². The molecule has 7 heteroatoms. The highest BCUT2D eigenvalue weighted by atomic mass is 16.2. The van der Waals surface area contributed by atoms with E-state index in [1.807, 2.05) is 53.6 Å². The number of amides is 2. The largest absolute Gasteiger partial charge is 0.351 e. The maximum absolute atomic E-state index is 12.6. The van der Waals surface area contributed by atoms with Crippen LogP contribution < -0.4 is 10.9 Å². The Labute approximate surface area is 176 Å². The van der Waals surface area contributed by atoms with Crippen LogP contribution in [0.3, 0.4) is 0 Å². The minimum Gasteiger partial charge on any atom is -0.351 e. The minimum absolute atomic E-state index is 0.0193. The van der Waals surface area contributed by atoms with Gasteiger partial charge in [-0.25, -0.2) is 0 Å². The number of nitrogens with one attached hydrogen (secondary N) is 1. The fraction of sp³-hybridized carbons (Fsp3) is 0.478. The second-order valence-corrected chi connectivity index (χ2v) is 8.84. The number of aromatic nitrogens is 2. The Morgan fingerprint density at radius 3 is 2.70 bits per heavy atom. The van der Waals surface area contributed by atoms with Gasteiger partial charge in [0.15, 0.2) is 0 Å².